The lowest BCUT2D eigenvalue weighted by molar-refractivity contribution is -0.384. The summed E-state index contributed by atoms with van der Waals surface area (Å²) in [5.74, 6) is 0. The van der Waals surface area contributed by atoms with Gasteiger partial charge in [0.25, 0.3) is 5.69 Å². The smallest absolute Gasteiger partial charge is 0.271 e. The predicted molar refractivity (Wildman–Crippen MR) is 86.7 cm³/mol. The zero-order valence-corrected chi connectivity index (χ0v) is 13.2. The number of benzene rings is 2. The first-order chi connectivity index (χ1) is 10.0. The van der Waals surface area contributed by atoms with E-state index < -0.39 is 0 Å². The van der Waals surface area contributed by atoms with Crippen LogP contribution >= 0.6 is 15.9 Å². The van der Waals surface area contributed by atoms with Crippen LogP contribution < -0.4 is 5.32 Å². The Balaban J connectivity index is 1.91. The van der Waals surface area contributed by atoms with Crippen molar-refractivity contribution in [1.82, 2.24) is 0 Å². The molecule has 2 aromatic carbocycles. The van der Waals surface area contributed by atoms with Crippen LogP contribution in [0.1, 0.15) is 29.2 Å². The Morgan fingerprint density at radius 3 is 2.86 bits per heavy atom. The van der Waals surface area contributed by atoms with Crippen LogP contribution in [0.2, 0.25) is 0 Å². The van der Waals surface area contributed by atoms with Gasteiger partial charge in [0.05, 0.1) is 16.7 Å². The highest BCUT2D eigenvalue weighted by Crippen LogP contribution is 2.37. The monoisotopic (exact) mass is 346 g/mol. The maximum Gasteiger partial charge on any atom is 0.271 e. The fraction of sp³-hybridized carbons (Fsp3) is 0.250. The molecule has 108 valence electrons. The summed E-state index contributed by atoms with van der Waals surface area (Å²) in [5, 5.41) is 14.3. The maximum absolute atomic E-state index is 10.9. The molecule has 1 atom stereocenters. The first-order valence-electron chi connectivity index (χ1n) is 6.84. The van der Waals surface area contributed by atoms with E-state index in [0.29, 0.717) is 0 Å². The second-order valence-electron chi connectivity index (χ2n) is 5.36. The lowest BCUT2D eigenvalue weighted by Gasteiger charge is -2.17. The summed E-state index contributed by atoms with van der Waals surface area (Å²) >= 11 is 3.46. The maximum atomic E-state index is 10.9. The highest BCUT2D eigenvalue weighted by molar-refractivity contribution is 9.10. The molecule has 0 heterocycles. The van der Waals surface area contributed by atoms with E-state index in [1.165, 1.54) is 22.8 Å². The molecule has 2 aromatic rings. The number of rotatable bonds is 3. The number of hydrogen-bond donors (Lipinski definition) is 1. The standard InChI is InChI=1S/C16H15BrN2O2/c1-10-2-3-11-4-7-15(13(11)8-10)18-16-9-12(19(20)21)5-6-14(16)17/h2-3,5-6,8-9,15,18H,4,7H2,1H3. The van der Waals surface area contributed by atoms with Gasteiger partial charge in [-0.1, -0.05) is 23.8 Å². The molecule has 0 fully saturated rings. The molecule has 1 aliphatic carbocycles. The van der Waals surface area contributed by atoms with Gasteiger partial charge in [0.15, 0.2) is 0 Å². The first-order valence-corrected chi connectivity index (χ1v) is 7.64. The Hall–Kier alpha value is -1.88. The third kappa shape index (κ3) is 2.78. The Morgan fingerprint density at radius 2 is 2.10 bits per heavy atom. The summed E-state index contributed by atoms with van der Waals surface area (Å²) in [4.78, 5) is 10.5. The molecule has 21 heavy (non-hydrogen) atoms. The SMILES string of the molecule is Cc1ccc2c(c1)C(Nc1cc([N+](=O)[O-])ccc1Br)CC2. The average molecular weight is 347 g/mol. The molecule has 0 spiro atoms. The molecular weight excluding hydrogens is 332 g/mol. The van der Waals surface area contributed by atoms with Crippen LogP contribution in [0.4, 0.5) is 11.4 Å². The van der Waals surface area contributed by atoms with Crippen LogP contribution in [0.5, 0.6) is 0 Å². The van der Waals surface area contributed by atoms with Crippen molar-refractivity contribution in [2.24, 2.45) is 0 Å². The summed E-state index contributed by atoms with van der Waals surface area (Å²) in [6.45, 7) is 2.08. The number of hydrogen-bond acceptors (Lipinski definition) is 3. The number of nitro benzene ring substituents is 1. The Morgan fingerprint density at radius 1 is 1.29 bits per heavy atom. The normalized spacial score (nSPS) is 16.6. The molecule has 4 nitrogen and oxygen atoms in total. The molecule has 0 saturated carbocycles. The van der Waals surface area contributed by atoms with Crippen LogP contribution in [0.25, 0.3) is 0 Å². The van der Waals surface area contributed by atoms with Crippen molar-refractivity contribution in [3.8, 4) is 0 Å². The van der Waals surface area contributed by atoms with Gasteiger partial charge in [-0.3, -0.25) is 10.1 Å². The van der Waals surface area contributed by atoms with Gasteiger partial charge < -0.3 is 5.32 Å². The van der Waals surface area contributed by atoms with Gasteiger partial charge >= 0.3 is 0 Å². The van der Waals surface area contributed by atoms with E-state index in [9.17, 15) is 10.1 Å². The molecule has 1 aliphatic rings. The average Bonchev–Trinajstić information content (AvgIpc) is 2.83. The van der Waals surface area contributed by atoms with Gasteiger partial charge in [0, 0.05) is 16.6 Å². The van der Waals surface area contributed by atoms with E-state index in [0.717, 1.165) is 23.0 Å². The molecule has 0 radical (unpaired) electrons. The molecule has 0 aliphatic heterocycles. The highest BCUT2D eigenvalue weighted by Gasteiger charge is 2.23. The highest BCUT2D eigenvalue weighted by atomic mass is 79.9. The second kappa shape index (κ2) is 5.48. The van der Waals surface area contributed by atoms with E-state index in [4.69, 9.17) is 0 Å². The van der Waals surface area contributed by atoms with E-state index >= 15 is 0 Å². The molecule has 1 N–H and O–H groups in total. The summed E-state index contributed by atoms with van der Waals surface area (Å²) in [6.07, 6.45) is 2.05. The van der Waals surface area contributed by atoms with Crippen molar-refractivity contribution in [3.05, 3.63) is 67.7 Å². The summed E-state index contributed by atoms with van der Waals surface area (Å²) < 4.78 is 0.842. The molecule has 0 aromatic heterocycles. The summed E-state index contributed by atoms with van der Waals surface area (Å²) in [7, 11) is 0. The lowest BCUT2D eigenvalue weighted by Crippen LogP contribution is -2.08. The van der Waals surface area contributed by atoms with Gasteiger partial charge in [-0.2, -0.15) is 0 Å². The van der Waals surface area contributed by atoms with Gasteiger partial charge in [-0.15, -0.1) is 0 Å². The van der Waals surface area contributed by atoms with Gasteiger partial charge in [0.2, 0.25) is 0 Å². The molecular formula is C16H15BrN2O2. The largest absolute Gasteiger partial charge is 0.377 e. The van der Waals surface area contributed by atoms with Crippen LogP contribution in [0, 0.1) is 17.0 Å². The van der Waals surface area contributed by atoms with Gasteiger partial charge in [-0.05, 0) is 52.9 Å². The molecule has 0 saturated heterocycles. The van der Waals surface area contributed by atoms with Crippen molar-refractivity contribution >= 4 is 27.3 Å². The van der Waals surface area contributed by atoms with Crippen molar-refractivity contribution in [3.63, 3.8) is 0 Å². The minimum absolute atomic E-state index is 0.100. The van der Waals surface area contributed by atoms with Crippen molar-refractivity contribution in [2.45, 2.75) is 25.8 Å². The topological polar surface area (TPSA) is 55.2 Å². The lowest BCUT2D eigenvalue weighted by atomic mass is 10.0. The number of nitrogens with zero attached hydrogens (tertiary/aromatic N) is 1. The fourth-order valence-electron chi connectivity index (χ4n) is 2.80. The number of nitrogens with one attached hydrogen (secondary N) is 1. The molecule has 5 heteroatoms. The Kier molecular flexibility index (Phi) is 3.68. The minimum Gasteiger partial charge on any atom is -0.377 e. The van der Waals surface area contributed by atoms with Gasteiger partial charge in [0.1, 0.15) is 0 Å². The fourth-order valence-corrected chi connectivity index (χ4v) is 3.16. The quantitative estimate of drug-likeness (QED) is 0.643. The van der Waals surface area contributed by atoms with Gasteiger partial charge in [-0.25, -0.2) is 0 Å². The van der Waals surface area contributed by atoms with E-state index in [2.05, 4.69) is 46.4 Å². The number of halogens is 1. The predicted octanol–water partition coefficient (Wildman–Crippen LogP) is 4.77. The van der Waals surface area contributed by atoms with E-state index in [1.54, 1.807) is 12.1 Å². The minimum atomic E-state index is -0.371. The zero-order chi connectivity index (χ0) is 15.0. The van der Waals surface area contributed by atoms with Crippen LogP contribution in [-0.4, -0.2) is 4.92 Å². The third-order valence-electron chi connectivity index (χ3n) is 3.87. The molecule has 0 bridgehead atoms. The second-order valence-corrected chi connectivity index (χ2v) is 6.21. The van der Waals surface area contributed by atoms with Crippen LogP contribution in [-0.2, 0) is 6.42 Å². The van der Waals surface area contributed by atoms with E-state index in [1.807, 2.05) is 0 Å². The number of non-ortho nitro benzene ring substituents is 1. The summed E-state index contributed by atoms with van der Waals surface area (Å²) in [5.41, 5.74) is 4.76. The number of anilines is 1. The molecule has 0 amide bonds. The number of nitro groups is 1. The molecule has 1 unspecified atom stereocenters. The van der Waals surface area contributed by atoms with Crippen molar-refractivity contribution in [2.75, 3.05) is 5.32 Å². The number of fused-ring (bicyclic) bond motifs is 1. The number of aryl methyl sites for hydroxylation is 2. The van der Waals surface area contributed by atoms with Crippen LogP contribution in [0.3, 0.4) is 0 Å². The van der Waals surface area contributed by atoms with Crippen molar-refractivity contribution in [1.29, 1.82) is 0 Å². The van der Waals surface area contributed by atoms with Crippen LogP contribution in [0.15, 0.2) is 40.9 Å². The van der Waals surface area contributed by atoms with Crippen molar-refractivity contribution < 1.29 is 4.92 Å². The Bertz CT molecular complexity index is 715. The first kappa shape index (κ1) is 14.1. The van der Waals surface area contributed by atoms with E-state index in [-0.39, 0.29) is 16.7 Å². The third-order valence-corrected chi connectivity index (χ3v) is 4.56. The zero-order valence-electron chi connectivity index (χ0n) is 11.6. The Labute approximate surface area is 131 Å². The summed E-state index contributed by atoms with van der Waals surface area (Å²) in [6, 6.07) is 11.5. The molecule has 3 rings (SSSR count).